The number of fused-ring (bicyclic) bond motifs is 1. The van der Waals surface area contributed by atoms with E-state index >= 15 is 0 Å². The standard InChI is InChI=1S/C25H24F3N3O4S/c26-25(27,28)17-2-4-19(22(14-17)16-6-11-34-12-7-16)20-8-13-35-23-15-18(3-5-21(20)23)36(32,33)31-24-29-9-1-10-30-24/h1-5,9-10,14-16,20H,6-8,11-13H2,(H,29,30,31). The van der Waals surface area contributed by atoms with Crippen LogP contribution in [0, 0.1) is 0 Å². The van der Waals surface area contributed by atoms with Crippen LogP contribution in [0.1, 0.15) is 53.4 Å². The van der Waals surface area contributed by atoms with Gasteiger partial charge in [0.1, 0.15) is 5.75 Å². The molecule has 1 N–H and O–H groups in total. The highest BCUT2D eigenvalue weighted by atomic mass is 32.2. The predicted octanol–water partition coefficient (Wildman–Crippen LogP) is 5.10. The predicted molar refractivity (Wildman–Crippen MR) is 125 cm³/mol. The fourth-order valence-electron chi connectivity index (χ4n) is 4.82. The first-order chi connectivity index (χ1) is 17.2. The van der Waals surface area contributed by atoms with Gasteiger partial charge in [-0.2, -0.15) is 13.2 Å². The molecule has 0 spiro atoms. The zero-order valence-corrected chi connectivity index (χ0v) is 20.0. The summed E-state index contributed by atoms with van der Waals surface area (Å²) in [5, 5.41) is 0. The molecule has 1 fully saturated rings. The van der Waals surface area contributed by atoms with Crippen molar-refractivity contribution >= 4 is 16.0 Å². The van der Waals surface area contributed by atoms with Crippen LogP contribution in [-0.2, 0) is 20.9 Å². The molecule has 1 unspecified atom stereocenters. The molecule has 190 valence electrons. The van der Waals surface area contributed by atoms with Crippen LogP contribution in [0.25, 0.3) is 0 Å². The van der Waals surface area contributed by atoms with Gasteiger partial charge in [-0.25, -0.2) is 23.1 Å². The molecular weight excluding hydrogens is 495 g/mol. The summed E-state index contributed by atoms with van der Waals surface area (Å²) >= 11 is 0. The van der Waals surface area contributed by atoms with Crippen molar-refractivity contribution in [2.24, 2.45) is 0 Å². The van der Waals surface area contributed by atoms with Crippen LogP contribution < -0.4 is 9.46 Å². The van der Waals surface area contributed by atoms with Gasteiger partial charge in [0.15, 0.2) is 0 Å². The Labute approximate surface area is 206 Å². The lowest BCUT2D eigenvalue weighted by Gasteiger charge is -2.32. The Kier molecular flexibility index (Phi) is 6.60. The van der Waals surface area contributed by atoms with Gasteiger partial charge in [-0.1, -0.05) is 12.1 Å². The summed E-state index contributed by atoms with van der Waals surface area (Å²) in [4.78, 5) is 7.75. The number of sulfonamides is 1. The lowest BCUT2D eigenvalue weighted by Crippen LogP contribution is -2.21. The van der Waals surface area contributed by atoms with E-state index in [1.165, 1.54) is 30.6 Å². The SMILES string of the molecule is O=S(=O)(Nc1ncccn1)c1ccc2c(c1)OCCC2c1ccc(C(F)(F)F)cc1C1CCOCC1. The fraction of sp³-hybridized carbons (Fsp3) is 0.360. The van der Waals surface area contributed by atoms with E-state index in [0.29, 0.717) is 50.4 Å². The Balaban J connectivity index is 1.51. The number of benzene rings is 2. The van der Waals surface area contributed by atoms with Gasteiger partial charge in [0, 0.05) is 43.2 Å². The molecule has 0 radical (unpaired) electrons. The van der Waals surface area contributed by atoms with Crippen molar-refractivity contribution in [3.63, 3.8) is 0 Å². The quantitative estimate of drug-likeness (QED) is 0.504. The molecule has 2 aliphatic rings. The molecule has 0 aliphatic carbocycles. The summed E-state index contributed by atoms with van der Waals surface area (Å²) in [5.74, 6) is 0.0638. The number of alkyl halides is 3. The average molecular weight is 520 g/mol. The normalized spacial score (nSPS) is 18.8. The number of nitrogens with zero attached hydrogens (tertiary/aromatic N) is 2. The second kappa shape index (κ2) is 9.70. The number of rotatable bonds is 5. The molecular formula is C25H24F3N3O4S. The largest absolute Gasteiger partial charge is 0.493 e. The van der Waals surface area contributed by atoms with Gasteiger partial charge in [-0.3, -0.25) is 0 Å². The Morgan fingerprint density at radius 3 is 2.33 bits per heavy atom. The van der Waals surface area contributed by atoms with Crippen LogP contribution in [0.15, 0.2) is 59.8 Å². The molecule has 0 bridgehead atoms. The van der Waals surface area contributed by atoms with Crippen LogP contribution in [0.3, 0.4) is 0 Å². The van der Waals surface area contributed by atoms with Crippen LogP contribution >= 0.6 is 0 Å². The number of aromatic nitrogens is 2. The molecule has 0 saturated carbocycles. The molecule has 5 rings (SSSR count). The van der Waals surface area contributed by atoms with Gasteiger partial charge in [-0.15, -0.1) is 0 Å². The third-order valence-electron chi connectivity index (χ3n) is 6.58. The van der Waals surface area contributed by atoms with Crippen LogP contribution in [0.4, 0.5) is 19.1 Å². The lowest BCUT2D eigenvalue weighted by atomic mass is 9.78. The van der Waals surface area contributed by atoms with E-state index in [1.807, 2.05) is 0 Å². The minimum Gasteiger partial charge on any atom is -0.493 e. The van der Waals surface area contributed by atoms with Crippen molar-refractivity contribution in [3.05, 3.63) is 77.1 Å². The van der Waals surface area contributed by atoms with E-state index in [-0.39, 0.29) is 22.7 Å². The maximum absolute atomic E-state index is 13.5. The van der Waals surface area contributed by atoms with E-state index in [1.54, 1.807) is 18.2 Å². The van der Waals surface area contributed by atoms with Crippen molar-refractivity contribution in [2.75, 3.05) is 24.5 Å². The molecule has 1 aromatic heterocycles. The fourth-order valence-corrected chi connectivity index (χ4v) is 5.79. The molecule has 36 heavy (non-hydrogen) atoms. The van der Waals surface area contributed by atoms with Crippen molar-refractivity contribution in [1.29, 1.82) is 0 Å². The minimum absolute atomic E-state index is 0.0218. The molecule has 7 nitrogen and oxygen atoms in total. The highest BCUT2D eigenvalue weighted by molar-refractivity contribution is 7.92. The summed E-state index contributed by atoms with van der Waals surface area (Å²) in [6, 6.07) is 10.1. The van der Waals surface area contributed by atoms with E-state index in [4.69, 9.17) is 9.47 Å². The molecule has 2 aliphatic heterocycles. The van der Waals surface area contributed by atoms with Crippen molar-refractivity contribution in [2.45, 2.75) is 42.2 Å². The zero-order valence-electron chi connectivity index (χ0n) is 19.2. The first-order valence-corrected chi connectivity index (χ1v) is 13.1. The molecule has 2 aromatic carbocycles. The Morgan fingerprint density at radius 2 is 1.61 bits per heavy atom. The van der Waals surface area contributed by atoms with Gasteiger partial charge in [0.2, 0.25) is 5.95 Å². The molecule has 3 aromatic rings. The van der Waals surface area contributed by atoms with E-state index in [9.17, 15) is 21.6 Å². The van der Waals surface area contributed by atoms with E-state index < -0.39 is 21.8 Å². The molecule has 3 heterocycles. The monoisotopic (exact) mass is 519 g/mol. The minimum atomic E-state index is -4.44. The zero-order chi connectivity index (χ0) is 25.3. The second-order valence-corrected chi connectivity index (χ2v) is 10.5. The van der Waals surface area contributed by atoms with Gasteiger partial charge >= 0.3 is 6.18 Å². The highest BCUT2D eigenvalue weighted by Gasteiger charge is 2.34. The first kappa shape index (κ1) is 24.5. The maximum Gasteiger partial charge on any atom is 0.416 e. The summed E-state index contributed by atoms with van der Waals surface area (Å²) < 4.78 is 79.9. The second-order valence-electron chi connectivity index (χ2n) is 8.80. The van der Waals surface area contributed by atoms with E-state index in [0.717, 1.165) is 17.2 Å². The Hall–Kier alpha value is -3.18. The van der Waals surface area contributed by atoms with Gasteiger partial charge in [0.05, 0.1) is 17.1 Å². The average Bonchev–Trinajstić information content (AvgIpc) is 2.88. The number of nitrogens with one attached hydrogen (secondary N) is 1. The van der Waals surface area contributed by atoms with Gasteiger partial charge in [-0.05, 0) is 60.6 Å². The molecule has 1 atom stereocenters. The van der Waals surface area contributed by atoms with Gasteiger partial charge < -0.3 is 9.47 Å². The highest BCUT2D eigenvalue weighted by Crippen LogP contribution is 2.44. The van der Waals surface area contributed by atoms with Crippen LogP contribution in [0.5, 0.6) is 5.75 Å². The first-order valence-electron chi connectivity index (χ1n) is 11.6. The smallest absolute Gasteiger partial charge is 0.416 e. The Bertz CT molecular complexity index is 1340. The summed E-state index contributed by atoms with van der Waals surface area (Å²) in [5.41, 5.74) is 1.55. The number of halogens is 3. The maximum atomic E-state index is 13.5. The number of hydrogen-bond acceptors (Lipinski definition) is 6. The number of ether oxygens (including phenoxy) is 2. The molecule has 1 saturated heterocycles. The van der Waals surface area contributed by atoms with Crippen LogP contribution in [-0.4, -0.2) is 38.2 Å². The van der Waals surface area contributed by atoms with Gasteiger partial charge in [0.25, 0.3) is 10.0 Å². The van der Waals surface area contributed by atoms with Crippen LogP contribution in [0.2, 0.25) is 0 Å². The lowest BCUT2D eigenvalue weighted by molar-refractivity contribution is -0.137. The third kappa shape index (κ3) is 5.03. The third-order valence-corrected chi connectivity index (χ3v) is 7.90. The topological polar surface area (TPSA) is 90.4 Å². The molecule has 0 amide bonds. The van der Waals surface area contributed by atoms with Crippen molar-refractivity contribution in [1.82, 2.24) is 9.97 Å². The summed E-state index contributed by atoms with van der Waals surface area (Å²) in [6.07, 6.45) is 0.266. The summed E-state index contributed by atoms with van der Waals surface area (Å²) in [7, 11) is -3.97. The number of hydrogen-bond donors (Lipinski definition) is 1. The van der Waals surface area contributed by atoms with Crippen molar-refractivity contribution < 1.29 is 31.1 Å². The molecule has 11 heteroatoms. The van der Waals surface area contributed by atoms with E-state index in [2.05, 4.69) is 14.7 Å². The number of anilines is 1. The Morgan fingerprint density at radius 1 is 0.889 bits per heavy atom. The van der Waals surface area contributed by atoms with Crippen molar-refractivity contribution in [3.8, 4) is 5.75 Å². The summed E-state index contributed by atoms with van der Waals surface area (Å²) in [6.45, 7) is 1.32.